The normalized spacial score (nSPS) is 24.6. The van der Waals surface area contributed by atoms with Gasteiger partial charge in [-0.3, -0.25) is 9.78 Å². The molecule has 28 heavy (non-hydrogen) atoms. The molecule has 2 saturated heterocycles. The van der Waals surface area contributed by atoms with Crippen LogP contribution in [0.3, 0.4) is 0 Å². The molecule has 2 aliphatic rings. The highest BCUT2D eigenvalue weighted by molar-refractivity contribution is 8.00. The van der Waals surface area contributed by atoms with E-state index in [4.69, 9.17) is 0 Å². The lowest BCUT2D eigenvalue weighted by Gasteiger charge is -2.19. The second-order valence-corrected chi connectivity index (χ2v) is 10.3. The summed E-state index contributed by atoms with van der Waals surface area (Å²) < 4.78 is 27.6. The third-order valence-electron chi connectivity index (χ3n) is 5.14. The number of carbonyl (C=O) groups excluding carboxylic acids is 1. The molecule has 3 atom stereocenters. The van der Waals surface area contributed by atoms with Crippen molar-refractivity contribution in [1.82, 2.24) is 14.6 Å². The summed E-state index contributed by atoms with van der Waals surface area (Å²) in [6.45, 7) is 4.39. The highest BCUT2D eigenvalue weighted by Gasteiger charge is 2.45. The molecule has 1 aromatic carbocycles. The molecule has 2 fully saturated rings. The first-order valence-corrected chi connectivity index (χ1v) is 11.5. The highest BCUT2D eigenvalue weighted by Crippen LogP contribution is 2.43. The van der Waals surface area contributed by atoms with E-state index < -0.39 is 10.0 Å². The lowest BCUT2D eigenvalue weighted by molar-refractivity contribution is -0.116. The van der Waals surface area contributed by atoms with Gasteiger partial charge in [-0.15, -0.1) is 11.8 Å². The predicted molar refractivity (Wildman–Crippen MR) is 110 cm³/mol. The second kappa shape index (κ2) is 7.69. The van der Waals surface area contributed by atoms with E-state index in [1.807, 2.05) is 30.3 Å². The summed E-state index contributed by atoms with van der Waals surface area (Å²) in [6.07, 6.45) is 3.47. The first kappa shape index (κ1) is 19.2. The molecular weight excluding hydrogens is 394 g/mol. The van der Waals surface area contributed by atoms with E-state index in [2.05, 4.69) is 16.9 Å². The number of fused-ring (bicyclic) bond motifs is 1. The van der Waals surface area contributed by atoms with E-state index >= 15 is 0 Å². The molecule has 0 aliphatic carbocycles. The van der Waals surface area contributed by atoms with E-state index in [0.717, 1.165) is 17.7 Å². The molecule has 2 aromatic rings. The van der Waals surface area contributed by atoms with E-state index in [0.29, 0.717) is 13.1 Å². The van der Waals surface area contributed by atoms with Crippen LogP contribution in [0.2, 0.25) is 0 Å². The molecular formula is C20H21N3O3S2. The topological polar surface area (TPSA) is 79.4 Å². The zero-order valence-corrected chi connectivity index (χ0v) is 16.8. The van der Waals surface area contributed by atoms with Crippen LogP contribution < -0.4 is 5.32 Å². The summed E-state index contributed by atoms with van der Waals surface area (Å²) in [5, 5.41) is 3.11. The quantitative estimate of drug-likeness (QED) is 0.759. The molecule has 8 heteroatoms. The van der Waals surface area contributed by atoms with Crippen molar-refractivity contribution < 1.29 is 13.2 Å². The lowest BCUT2D eigenvalue weighted by atomic mass is 10.1. The van der Waals surface area contributed by atoms with Crippen molar-refractivity contribution in [3.8, 4) is 11.3 Å². The molecule has 2 aliphatic heterocycles. The van der Waals surface area contributed by atoms with Crippen molar-refractivity contribution in [2.75, 3.05) is 13.1 Å². The van der Waals surface area contributed by atoms with Gasteiger partial charge in [-0.1, -0.05) is 36.9 Å². The fourth-order valence-corrected chi connectivity index (χ4v) is 6.91. The van der Waals surface area contributed by atoms with Crippen molar-refractivity contribution in [3.05, 3.63) is 61.3 Å². The van der Waals surface area contributed by atoms with Crippen LogP contribution in [0.15, 0.2) is 66.2 Å². The zero-order chi connectivity index (χ0) is 19.7. The Morgan fingerprint density at radius 3 is 2.64 bits per heavy atom. The smallest absolute Gasteiger partial charge is 0.244 e. The number of nitrogens with zero attached hydrogens (tertiary/aromatic N) is 2. The van der Waals surface area contributed by atoms with E-state index in [9.17, 15) is 13.2 Å². The molecule has 6 nitrogen and oxygen atoms in total. The maximum Gasteiger partial charge on any atom is 0.244 e. The number of pyridine rings is 1. The van der Waals surface area contributed by atoms with E-state index in [-0.39, 0.29) is 27.3 Å². The Bertz CT molecular complexity index is 964. The second-order valence-electron chi connectivity index (χ2n) is 6.94. The Morgan fingerprint density at radius 2 is 2.00 bits per heavy atom. The van der Waals surface area contributed by atoms with Crippen LogP contribution in [0.25, 0.3) is 11.3 Å². The molecule has 146 valence electrons. The van der Waals surface area contributed by atoms with Gasteiger partial charge in [0.05, 0.1) is 11.1 Å². The molecule has 0 bridgehead atoms. The Kier molecular flexibility index (Phi) is 5.27. The van der Waals surface area contributed by atoms with Crippen LogP contribution in [0, 0.1) is 5.92 Å². The Balaban J connectivity index is 1.44. The average Bonchev–Trinajstić information content (AvgIpc) is 3.28. The predicted octanol–water partition coefficient (Wildman–Crippen LogP) is 2.50. The molecule has 1 N–H and O–H groups in total. The van der Waals surface area contributed by atoms with Crippen LogP contribution in [0.4, 0.5) is 0 Å². The van der Waals surface area contributed by atoms with Crippen molar-refractivity contribution in [2.45, 2.75) is 21.9 Å². The number of hydrogen-bond donors (Lipinski definition) is 1. The first-order valence-electron chi connectivity index (χ1n) is 9.07. The third-order valence-corrected chi connectivity index (χ3v) is 8.47. The SMILES string of the molecule is C=CC(=O)NC1CC2CN(S(=O)(=O)c3ccc(-c4ccccc4)nc3)CC2S1. The minimum atomic E-state index is -3.57. The van der Waals surface area contributed by atoms with Gasteiger partial charge in [0.2, 0.25) is 15.9 Å². The summed E-state index contributed by atoms with van der Waals surface area (Å²) in [5.74, 6) is 0.0537. The molecule has 0 saturated carbocycles. The number of nitrogens with one attached hydrogen (secondary N) is 1. The number of amides is 1. The monoisotopic (exact) mass is 415 g/mol. The van der Waals surface area contributed by atoms with Crippen LogP contribution in [-0.4, -0.2) is 47.3 Å². The zero-order valence-electron chi connectivity index (χ0n) is 15.2. The molecule has 3 unspecified atom stereocenters. The average molecular weight is 416 g/mol. The van der Waals surface area contributed by atoms with Crippen LogP contribution in [0.1, 0.15) is 6.42 Å². The summed E-state index contributed by atoms with van der Waals surface area (Å²) in [5.41, 5.74) is 1.69. The van der Waals surface area contributed by atoms with Crippen molar-refractivity contribution in [3.63, 3.8) is 0 Å². The van der Waals surface area contributed by atoms with Gasteiger partial charge in [0.15, 0.2) is 0 Å². The number of thioether (sulfide) groups is 1. The Hall–Kier alpha value is -2.16. The van der Waals surface area contributed by atoms with Gasteiger partial charge >= 0.3 is 0 Å². The van der Waals surface area contributed by atoms with E-state index in [1.54, 1.807) is 28.2 Å². The minimum absolute atomic E-state index is 0.0252. The molecule has 1 aromatic heterocycles. The molecule has 3 heterocycles. The van der Waals surface area contributed by atoms with Crippen molar-refractivity contribution in [1.29, 1.82) is 0 Å². The summed E-state index contributed by atoms with van der Waals surface area (Å²) >= 11 is 1.64. The van der Waals surface area contributed by atoms with E-state index in [1.165, 1.54) is 12.3 Å². The highest BCUT2D eigenvalue weighted by atomic mass is 32.2. The molecule has 1 amide bonds. The summed E-state index contributed by atoms with van der Waals surface area (Å²) in [6, 6.07) is 13.0. The first-order chi connectivity index (χ1) is 13.5. The van der Waals surface area contributed by atoms with Gasteiger partial charge in [0.1, 0.15) is 4.90 Å². The van der Waals surface area contributed by atoms with Crippen LogP contribution in [0.5, 0.6) is 0 Å². The number of carbonyl (C=O) groups is 1. The van der Waals surface area contributed by atoms with Crippen molar-refractivity contribution >= 4 is 27.7 Å². The van der Waals surface area contributed by atoms with Crippen molar-refractivity contribution in [2.24, 2.45) is 5.92 Å². The maximum atomic E-state index is 13.0. The van der Waals surface area contributed by atoms with Gasteiger partial charge in [-0.25, -0.2) is 8.42 Å². The van der Waals surface area contributed by atoms with Gasteiger partial charge < -0.3 is 5.32 Å². The van der Waals surface area contributed by atoms with Gasteiger partial charge in [-0.05, 0) is 30.5 Å². The Labute approximate surface area is 169 Å². The summed E-state index contributed by atoms with van der Waals surface area (Å²) in [4.78, 5) is 16.0. The number of benzene rings is 1. The maximum absolute atomic E-state index is 13.0. The summed E-state index contributed by atoms with van der Waals surface area (Å²) in [7, 11) is -3.57. The van der Waals surface area contributed by atoms with Gasteiger partial charge in [-0.2, -0.15) is 4.31 Å². The van der Waals surface area contributed by atoms with Gasteiger partial charge in [0, 0.05) is 30.1 Å². The molecule has 0 radical (unpaired) electrons. The Morgan fingerprint density at radius 1 is 1.21 bits per heavy atom. The lowest BCUT2D eigenvalue weighted by Crippen LogP contribution is -2.33. The minimum Gasteiger partial charge on any atom is -0.341 e. The fraction of sp³-hybridized carbons (Fsp3) is 0.300. The fourth-order valence-electron chi connectivity index (χ4n) is 3.69. The number of aromatic nitrogens is 1. The molecule has 0 spiro atoms. The number of sulfonamides is 1. The largest absolute Gasteiger partial charge is 0.341 e. The van der Waals surface area contributed by atoms with Crippen LogP contribution >= 0.6 is 11.8 Å². The third kappa shape index (κ3) is 3.72. The van der Waals surface area contributed by atoms with Gasteiger partial charge in [0.25, 0.3) is 0 Å². The number of hydrogen-bond acceptors (Lipinski definition) is 5. The molecule has 4 rings (SSSR count). The van der Waals surface area contributed by atoms with Crippen LogP contribution in [-0.2, 0) is 14.8 Å². The standard InChI is InChI=1S/C20H21N3O3S2/c1-2-19(24)22-20-10-15-12-23(13-18(15)27-20)28(25,26)16-8-9-17(21-11-16)14-6-4-3-5-7-14/h2-9,11,15,18,20H,1,10,12-13H2,(H,22,24). The number of rotatable bonds is 5.